The van der Waals surface area contributed by atoms with Crippen LogP contribution >= 0.6 is 11.3 Å². The molecule has 0 amide bonds. The van der Waals surface area contributed by atoms with Gasteiger partial charge in [0.15, 0.2) is 6.20 Å². The first-order valence-electron chi connectivity index (χ1n) is 2.78. The third kappa shape index (κ3) is 2.21. The van der Waals surface area contributed by atoms with Gasteiger partial charge in [-0.05, 0) is 6.92 Å². The van der Waals surface area contributed by atoms with Crippen LogP contribution in [0.2, 0.25) is 0 Å². The molecule has 0 bridgehead atoms. The second kappa shape index (κ2) is 4.22. The Morgan fingerprint density at radius 2 is 2.33 bits per heavy atom. The zero-order chi connectivity index (χ0) is 5.98. The minimum absolute atomic E-state index is 0. The summed E-state index contributed by atoms with van der Waals surface area (Å²) in [5.74, 6) is 0. The molecule has 0 aliphatic rings. The molecule has 3 heteroatoms. The van der Waals surface area contributed by atoms with Crippen LogP contribution in [0.4, 0.5) is 0 Å². The molecule has 1 aromatic rings. The first-order chi connectivity index (χ1) is 3.84. The average molecular weight is 255 g/mol. The van der Waals surface area contributed by atoms with Crippen LogP contribution in [0.5, 0.6) is 0 Å². The van der Waals surface area contributed by atoms with E-state index in [0.717, 1.165) is 6.54 Å². The molecule has 52 valence electrons. The Labute approximate surface area is 76.7 Å². The van der Waals surface area contributed by atoms with E-state index >= 15 is 0 Å². The molecule has 0 spiro atoms. The largest absolute Gasteiger partial charge is 1.00 e. The minimum atomic E-state index is 0. The van der Waals surface area contributed by atoms with Gasteiger partial charge in [0.1, 0.15) is 6.54 Å². The Kier molecular flexibility index (Phi) is 4.39. The molecule has 9 heavy (non-hydrogen) atoms. The summed E-state index contributed by atoms with van der Waals surface area (Å²) >= 11 is 1.79. The molecule has 0 fully saturated rings. The summed E-state index contributed by atoms with van der Waals surface area (Å²) in [7, 11) is 0. The van der Waals surface area contributed by atoms with Gasteiger partial charge in [0.05, 0.1) is 5.38 Å². The van der Waals surface area contributed by atoms with Crippen LogP contribution in [-0.2, 0) is 6.54 Å². The fourth-order valence-electron chi connectivity index (χ4n) is 0.703. The lowest BCUT2D eigenvalue weighted by Crippen LogP contribution is -3.00. The van der Waals surface area contributed by atoms with Gasteiger partial charge < -0.3 is 24.0 Å². The van der Waals surface area contributed by atoms with Gasteiger partial charge >= 0.3 is 0 Å². The molecule has 0 aliphatic heterocycles. The van der Waals surface area contributed by atoms with E-state index in [1.54, 1.807) is 11.3 Å². The highest BCUT2D eigenvalue weighted by Gasteiger charge is 2.00. The molecular weight excluding hydrogens is 245 g/mol. The summed E-state index contributed by atoms with van der Waals surface area (Å²) < 4.78 is 2.23. The molecule has 1 nitrogen and oxygen atoms in total. The van der Waals surface area contributed by atoms with E-state index in [1.165, 1.54) is 5.01 Å². The van der Waals surface area contributed by atoms with E-state index in [9.17, 15) is 0 Å². The van der Waals surface area contributed by atoms with Crippen molar-refractivity contribution in [2.24, 2.45) is 0 Å². The summed E-state index contributed by atoms with van der Waals surface area (Å²) in [6.07, 6.45) is 2.11. The van der Waals surface area contributed by atoms with Crippen molar-refractivity contribution >= 4 is 11.3 Å². The zero-order valence-electron chi connectivity index (χ0n) is 5.60. The van der Waals surface area contributed by atoms with Crippen LogP contribution in [0.1, 0.15) is 11.9 Å². The highest BCUT2D eigenvalue weighted by molar-refractivity contribution is 7.09. The van der Waals surface area contributed by atoms with Gasteiger partial charge in [-0.1, -0.05) is 11.3 Å². The number of thiazole rings is 1. The predicted octanol–water partition coefficient (Wildman–Crippen LogP) is -1.63. The fraction of sp³-hybridized carbons (Fsp3) is 0.500. The van der Waals surface area contributed by atoms with E-state index in [2.05, 4.69) is 30.0 Å². The molecule has 1 aromatic heterocycles. The Bertz CT molecular complexity index is 173. The van der Waals surface area contributed by atoms with Crippen molar-refractivity contribution in [3.8, 4) is 0 Å². The number of aryl methyl sites for hydroxylation is 2. The van der Waals surface area contributed by atoms with Crippen LogP contribution in [0.3, 0.4) is 0 Å². The van der Waals surface area contributed by atoms with Crippen LogP contribution in [0.15, 0.2) is 11.6 Å². The van der Waals surface area contributed by atoms with E-state index in [1.807, 2.05) is 0 Å². The van der Waals surface area contributed by atoms with Gasteiger partial charge in [0, 0.05) is 6.92 Å². The molecule has 0 unspecified atom stereocenters. The van der Waals surface area contributed by atoms with E-state index in [0.29, 0.717) is 0 Å². The molecule has 1 rings (SSSR count). The average Bonchev–Trinajstić information content (AvgIpc) is 2.14. The van der Waals surface area contributed by atoms with Gasteiger partial charge in [0.25, 0.3) is 0 Å². The first-order valence-corrected chi connectivity index (χ1v) is 3.66. The highest BCUT2D eigenvalue weighted by Crippen LogP contribution is 1.97. The van der Waals surface area contributed by atoms with Gasteiger partial charge in [-0.25, -0.2) is 0 Å². The van der Waals surface area contributed by atoms with Crippen molar-refractivity contribution in [1.82, 2.24) is 0 Å². The van der Waals surface area contributed by atoms with Crippen LogP contribution in [0, 0.1) is 6.92 Å². The number of rotatable bonds is 1. The van der Waals surface area contributed by atoms with Crippen molar-refractivity contribution in [3.05, 3.63) is 16.6 Å². The molecule has 0 N–H and O–H groups in total. The van der Waals surface area contributed by atoms with Crippen molar-refractivity contribution in [3.63, 3.8) is 0 Å². The predicted molar refractivity (Wildman–Crippen MR) is 34.9 cm³/mol. The second-order valence-electron chi connectivity index (χ2n) is 1.71. The van der Waals surface area contributed by atoms with Crippen LogP contribution in [-0.4, -0.2) is 0 Å². The van der Waals surface area contributed by atoms with Crippen molar-refractivity contribution in [2.75, 3.05) is 0 Å². The number of nitrogens with zero attached hydrogens (tertiary/aromatic N) is 1. The van der Waals surface area contributed by atoms with Gasteiger partial charge in [0.2, 0.25) is 5.01 Å². The van der Waals surface area contributed by atoms with Gasteiger partial charge in [-0.3, -0.25) is 0 Å². The number of hydrogen-bond donors (Lipinski definition) is 0. The lowest BCUT2D eigenvalue weighted by molar-refractivity contribution is -0.694. The van der Waals surface area contributed by atoms with Crippen LogP contribution in [0.25, 0.3) is 0 Å². The maximum Gasteiger partial charge on any atom is 0.234 e. The third-order valence-corrected chi connectivity index (χ3v) is 2.06. The van der Waals surface area contributed by atoms with Gasteiger partial charge in [-0.2, -0.15) is 4.57 Å². The first kappa shape index (κ1) is 9.36. The Hall–Kier alpha value is 0.360. The molecule has 0 aliphatic carbocycles. The van der Waals surface area contributed by atoms with Crippen molar-refractivity contribution < 1.29 is 28.5 Å². The summed E-state index contributed by atoms with van der Waals surface area (Å²) in [6, 6.07) is 0. The quantitative estimate of drug-likeness (QED) is 0.419. The smallest absolute Gasteiger partial charge is 0.234 e. The second-order valence-corrected chi connectivity index (χ2v) is 2.81. The van der Waals surface area contributed by atoms with E-state index < -0.39 is 0 Å². The minimum Gasteiger partial charge on any atom is -1.00 e. The monoisotopic (exact) mass is 255 g/mol. The van der Waals surface area contributed by atoms with E-state index in [-0.39, 0.29) is 24.0 Å². The number of aromatic nitrogens is 1. The fourth-order valence-corrected chi connectivity index (χ4v) is 1.43. The van der Waals surface area contributed by atoms with E-state index in [4.69, 9.17) is 0 Å². The maximum absolute atomic E-state index is 2.23. The van der Waals surface area contributed by atoms with Crippen molar-refractivity contribution in [2.45, 2.75) is 20.4 Å². The Morgan fingerprint density at radius 1 is 1.67 bits per heavy atom. The summed E-state index contributed by atoms with van der Waals surface area (Å²) in [5.41, 5.74) is 0. The summed E-state index contributed by atoms with van der Waals surface area (Å²) in [6.45, 7) is 5.38. The standard InChI is InChI=1S/C6H10NS.HI/c1-3-7-4-5-8-6(7)2;/h4-5H,3H2,1-2H3;1H/q+1;/p-1. The molecule has 1 heterocycles. The molecule has 0 atom stereocenters. The molecule has 0 saturated heterocycles. The highest BCUT2D eigenvalue weighted by atomic mass is 127. The molecule has 0 aromatic carbocycles. The Balaban J connectivity index is 0.000000640. The Morgan fingerprint density at radius 3 is 2.56 bits per heavy atom. The molecule has 0 saturated carbocycles. The summed E-state index contributed by atoms with van der Waals surface area (Å²) in [5, 5.41) is 3.49. The van der Waals surface area contributed by atoms with Crippen LogP contribution < -0.4 is 28.5 Å². The topological polar surface area (TPSA) is 3.88 Å². The lowest BCUT2D eigenvalue weighted by Gasteiger charge is -1.82. The number of halogens is 1. The zero-order valence-corrected chi connectivity index (χ0v) is 8.57. The maximum atomic E-state index is 2.23. The number of hydrogen-bond acceptors (Lipinski definition) is 1. The third-order valence-electron chi connectivity index (χ3n) is 1.22. The molecule has 0 radical (unpaired) electrons. The summed E-state index contributed by atoms with van der Waals surface area (Å²) in [4.78, 5) is 0. The van der Waals surface area contributed by atoms with Gasteiger partial charge in [-0.15, -0.1) is 0 Å². The normalized spacial score (nSPS) is 8.67. The van der Waals surface area contributed by atoms with Crippen molar-refractivity contribution in [1.29, 1.82) is 0 Å². The molecular formula is C6H10INS. The SMILES string of the molecule is CC[n+]1ccsc1C.[I-]. The lowest BCUT2D eigenvalue weighted by atomic mass is 10.6.